The van der Waals surface area contributed by atoms with Crippen LogP contribution in [0.1, 0.15) is 12.8 Å². The Balaban J connectivity index is 2.16. The van der Waals surface area contributed by atoms with Crippen molar-refractivity contribution >= 4 is 21.6 Å². The summed E-state index contributed by atoms with van der Waals surface area (Å²) in [4.78, 5) is 13.4. The molecule has 0 amide bonds. The topological polar surface area (TPSA) is 90.5 Å². The van der Waals surface area contributed by atoms with Gasteiger partial charge >= 0.3 is 0 Å². The maximum Gasteiger partial charge on any atom is 0.266 e. The molecule has 0 bridgehead atoms. The Bertz CT molecular complexity index is 622. The van der Waals surface area contributed by atoms with Gasteiger partial charge in [-0.3, -0.25) is 4.79 Å². The van der Waals surface area contributed by atoms with Crippen molar-refractivity contribution in [2.45, 2.75) is 23.8 Å². The number of aliphatic hydroxyl groups is 1. The third-order valence-corrected chi connectivity index (χ3v) is 5.35. The highest BCUT2D eigenvalue weighted by atomic mass is 35.5. The van der Waals surface area contributed by atoms with E-state index in [1.54, 1.807) is 0 Å². The van der Waals surface area contributed by atoms with E-state index in [1.165, 1.54) is 11.4 Å². The molecule has 6 nitrogen and oxygen atoms in total. The molecule has 8 heteroatoms. The Hall–Kier alpha value is -0.890. The van der Waals surface area contributed by atoms with Crippen LogP contribution in [-0.2, 0) is 10.0 Å². The van der Waals surface area contributed by atoms with E-state index in [1.807, 2.05) is 0 Å². The summed E-state index contributed by atoms with van der Waals surface area (Å²) in [7, 11) is -2.20. The van der Waals surface area contributed by atoms with Crippen molar-refractivity contribution in [3.05, 3.63) is 27.6 Å². The number of sulfonamides is 1. The summed E-state index contributed by atoms with van der Waals surface area (Å²) in [5.41, 5.74) is -0.523. The zero-order valence-corrected chi connectivity index (χ0v) is 11.9. The summed E-state index contributed by atoms with van der Waals surface area (Å²) in [6.07, 6.45) is 2.05. The second-order valence-electron chi connectivity index (χ2n) is 4.79. The summed E-state index contributed by atoms with van der Waals surface area (Å²) in [5.74, 6) is 0.174. The highest BCUT2D eigenvalue weighted by Crippen LogP contribution is 2.29. The van der Waals surface area contributed by atoms with E-state index in [9.17, 15) is 18.3 Å². The van der Waals surface area contributed by atoms with E-state index in [4.69, 9.17) is 11.6 Å². The molecule has 1 saturated carbocycles. The minimum Gasteiger partial charge on any atom is -0.393 e. The van der Waals surface area contributed by atoms with E-state index in [0.29, 0.717) is 19.4 Å². The van der Waals surface area contributed by atoms with Crippen molar-refractivity contribution in [2.24, 2.45) is 5.92 Å². The molecule has 0 aliphatic heterocycles. The summed E-state index contributed by atoms with van der Waals surface area (Å²) in [6, 6.07) is 1.14. The van der Waals surface area contributed by atoms with E-state index < -0.39 is 15.6 Å². The normalized spacial score (nSPS) is 23.4. The quantitative estimate of drug-likeness (QED) is 0.843. The second kappa shape index (κ2) is 5.24. The molecule has 0 aromatic carbocycles. The van der Waals surface area contributed by atoms with E-state index in [2.05, 4.69) is 4.98 Å². The van der Waals surface area contributed by atoms with Crippen LogP contribution in [0, 0.1) is 5.92 Å². The first-order chi connectivity index (χ1) is 8.80. The number of hydrogen-bond acceptors (Lipinski definition) is 4. The third kappa shape index (κ3) is 3.00. The molecular formula is C11H15ClN2O4S. The van der Waals surface area contributed by atoms with Gasteiger partial charge in [0, 0.05) is 19.8 Å². The summed E-state index contributed by atoms with van der Waals surface area (Å²) < 4.78 is 25.7. The third-order valence-electron chi connectivity index (χ3n) is 3.27. The van der Waals surface area contributed by atoms with Gasteiger partial charge in [-0.15, -0.1) is 0 Å². The lowest BCUT2D eigenvalue weighted by molar-refractivity contribution is 0.0367. The largest absolute Gasteiger partial charge is 0.393 e. The lowest BCUT2D eigenvalue weighted by Crippen LogP contribution is -2.39. The highest BCUT2D eigenvalue weighted by molar-refractivity contribution is 7.89. The molecule has 19 heavy (non-hydrogen) atoms. The lowest BCUT2D eigenvalue weighted by atomic mass is 9.82. The van der Waals surface area contributed by atoms with Gasteiger partial charge in [-0.2, -0.15) is 0 Å². The highest BCUT2D eigenvalue weighted by Gasteiger charge is 2.31. The zero-order valence-electron chi connectivity index (χ0n) is 10.3. The fourth-order valence-corrected chi connectivity index (χ4v) is 3.56. The molecule has 0 radical (unpaired) electrons. The molecule has 1 aliphatic rings. The lowest BCUT2D eigenvalue weighted by Gasteiger charge is -2.34. The number of H-pyrrole nitrogens is 1. The van der Waals surface area contributed by atoms with Gasteiger partial charge in [0.1, 0.15) is 5.02 Å². The van der Waals surface area contributed by atoms with Crippen LogP contribution < -0.4 is 5.56 Å². The first-order valence-electron chi connectivity index (χ1n) is 5.83. The first kappa shape index (κ1) is 14.5. The number of hydrogen-bond donors (Lipinski definition) is 2. The van der Waals surface area contributed by atoms with Crippen LogP contribution in [0.15, 0.2) is 22.0 Å². The van der Waals surface area contributed by atoms with Crippen LogP contribution in [0.4, 0.5) is 0 Å². The van der Waals surface area contributed by atoms with Crippen LogP contribution in [0.5, 0.6) is 0 Å². The van der Waals surface area contributed by atoms with Gasteiger partial charge in [-0.1, -0.05) is 11.6 Å². The zero-order chi connectivity index (χ0) is 14.2. The Morgan fingerprint density at radius 1 is 1.53 bits per heavy atom. The molecule has 1 heterocycles. The van der Waals surface area contributed by atoms with Gasteiger partial charge in [-0.05, 0) is 24.8 Å². The smallest absolute Gasteiger partial charge is 0.266 e. The molecule has 2 rings (SSSR count). The average Bonchev–Trinajstić information content (AvgIpc) is 2.30. The number of nitrogens with one attached hydrogen (secondary N) is 1. The predicted molar refractivity (Wildman–Crippen MR) is 70.6 cm³/mol. The number of aromatic nitrogens is 1. The number of rotatable bonds is 4. The predicted octanol–water partition coefficient (Wildman–Crippen LogP) is 0.420. The van der Waals surface area contributed by atoms with E-state index >= 15 is 0 Å². The number of pyridine rings is 1. The van der Waals surface area contributed by atoms with Crippen LogP contribution >= 0.6 is 11.6 Å². The van der Waals surface area contributed by atoms with Gasteiger partial charge in [0.05, 0.1) is 11.0 Å². The summed E-state index contributed by atoms with van der Waals surface area (Å²) in [6.45, 7) is 0.343. The minimum atomic E-state index is -3.67. The Morgan fingerprint density at radius 3 is 2.68 bits per heavy atom. The van der Waals surface area contributed by atoms with Crippen LogP contribution in [0.2, 0.25) is 5.02 Å². The maximum atomic E-state index is 12.2. The minimum absolute atomic E-state index is 0.0422. The molecule has 0 atom stereocenters. The number of nitrogens with zero attached hydrogens (tertiary/aromatic N) is 1. The molecule has 1 fully saturated rings. The van der Waals surface area contributed by atoms with Crippen LogP contribution in [-0.4, -0.2) is 42.5 Å². The van der Waals surface area contributed by atoms with Crippen molar-refractivity contribution in [2.75, 3.05) is 13.6 Å². The fraction of sp³-hybridized carbons (Fsp3) is 0.545. The molecule has 106 valence electrons. The SMILES string of the molecule is CN(CC1CC(O)C1)S(=O)(=O)c1c[nH]c(=O)c(Cl)c1. The molecule has 1 aliphatic carbocycles. The van der Waals surface area contributed by atoms with Gasteiger partial charge in [0.2, 0.25) is 10.0 Å². The van der Waals surface area contributed by atoms with Crippen molar-refractivity contribution in [1.29, 1.82) is 0 Å². The van der Waals surface area contributed by atoms with E-state index in [-0.39, 0.29) is 21.9 Å². The molecule has 2 N–H and O–H groups in total. The average molecular weight is 307 g/mol. The Labute approximate surface area is 116 Å². The van der Waals surface area contributed by atoms with Crippen molar-refractivity contribution < 1.29 is 13.5 Å². The number of aromatic amines is 1. The summed E-state index contributed by atoms with van der Waals surface area (Å²) in [5, 5.41) is 9.03. The first-order valence-corrected chi connectivity index (χ1v) is 7.65. The molecular weight excluding hydrogens is 292 g/mol. The Morgan fingerprint density at radius 2 is 2.16 bits per heavy atom. The van der Waals surface area contributed by atoms with Gasteiger partial charge in [0.25, 0.3) is 5.56 Å². The molecule has 0 spiro atoms. The number of halogens is 1. The molecule has 0 saturated heterocycles. The van der Waals surface area contributed by atoms with Crippen molar-refractivity contribution in [3.8, 4) is 0 Å². The van der Waals surface area contributed by atoms with Crippen molar-refractivity contribution in [1.82, 2.24) is 9.29 Å². The summed E-state index contributed by atoms with van der Waals surface area (Å²) >= 11 is 5.63. The molecule has 0 unspecified atom stereocenters. The van der Waals surface area contributed by atoms with E-state index in [0.717, 1.165) is 12.3 Å². The van der Waals surface area contributed by atoms with Gasteiger partial charge in [0.15, 0.2) is 0 Å². The fourth-order valence-electron chi connectivity index (χ4n) is 2.08. The van der Waals surface area contributed by atoms with Crippen LogP contribution in [0.3, 0.4) is 0 Å². The Kier molecular flexibility index (Phi) is 4.00. The van der Waals surface area contributed by atoms with Gasteiger partial charge in [-0.25, -0.2) is 12.7 Å². The number of aliphatic hydroxyl groups excluding tert-OH is 1. The second-order valence-corrected chi connectivity index (χ2v) is 7.24. The molecule has 1 aromatic rings. The maximum absolute atomic E-state index is 12.2. The van der Waals surface area contributed by atoms with Gasteiger partial charge < -0.3 is 10.1 Å². The van der Waals surface area contributed by atoms with Crippen LogP contribution in [0.25, 0.3) is 0 Å². The monoisotopic (exact) mass is 306 g/mol. The standard InChI is InChI=1S/C11H15ClN2O4S/c1-14(6-7-2-8(15)3-7)19(17,18)9-4-10(12)11(16)13-5-9/h4-5,7-8,15H,2-3,6H2,1H3,(H,13,16). The molecule has 1 aromatic heterocycles. The van der Waals surface area contributed by atoms with Crippen molar-refractivity contribution in [3.63, 3.8) is 0 Å².